The van der Waals surface area contributed by atoms with Crippen LogP contribution in [0.5, 0.6) is 0 Å². The first-order valence-corrected chi connectivity index (χ1v) is 10.6. The van der Waals surface area contributed by atoms with Gasteiger partial charge in [0.1, 0.15) is 17.2 Å². The van der Waals surface area contributed by atoms with E-state index in [4.69, 9.17) is 0 Å². The molecule has 2 aromatic heterocycles. The third kappa shape index (κ3) is 3.92. The predicted octanol–water partition coefficient (Wildman–Crippen LogP) is 3.83. The smallest absolute Gasteiger partial charge is 0.229 e. The Hall–Kier alpha value is -3.60. The van der Waals surface area contributed by atoms with Gasteiger partial charge in [-0.05, 0) is 36.8 Å². The van der Waals surface area contributed by atoms with Crippen LogP contribution in [0.4, 0.5) is 32.1 Å². The molecule has 0 radical (unpaired) electrons. The second-order valence-corrected chi connectivity index (χ2v) is 8.63. The third-order valence-corrected chi connectivity index (χ3v) is 5.57. The van der Waals surface area contributed by atoms with Crippen LogP contribution in [0.2, 0.25) is 0 Å². The van der Waals surface area contributed by atoms with Crippen molar-refractivity contribution in [2.45, 2.75) is 11.8 Å². The second-order valence-electron chi connectivity index (χ2n) is 6.65. The first-order valence-electron chi connectivity index (χ1n) is 8.71. The van der Waals surface area contributed by atoms with Gasteiger partial charge in [-0.3, -0.25) is 5.10 Å². The number of aryl methyl sites for hydroxylation is 1. The summed E-state index contributed by atoms with van der Waals surface area (Å²) in [5.74, 6) is -0.767. The molecule has 4 rings (SSSR count). The standard InChI is InChI=1S/C19H16F2N6O2S/c1-10-3-4-12(9-15(10)30(2,28)29)23-19-22-6-5-16(25-19)24-18-13-7-11(20)8-14(21)17(13)26-27-18/h3-9H,1-2H3,(H3,22,23,24,25,26,27). The number of rotatable bonds is 5. The number of nitrogens with zero attached hydrogens (tertiary/aromatic N) is 3. The van der Waals surface area contributed by atoms with Crippen LogP contribution >= 0.6 is 0 Å². The molecule has 0 atom stereocenters. The van der Waals surface area contributed by atoms with Gasteiger partial charge in [0, 0.05) is 24.2 Å². The first-order chi connectivity index (χ1) is 14.2. The number of aromatic amines is 1. The Kier molecular flexibility index (Phi) is 4.82. The molecule has 154 valence electrons. The van der Waals surface area contributed by atoms with Crippen molar-refractivity contribution in [1.29, 1.82) is 0 Å². The van der Waals surface area contributed by atoms with E-state index in [9.17, 15) is 17.2 Å². The minimum absolute atomic E-state index is 0.0688. The third-order valence-electron chi connectivity index (χ3n) is 4.34. The van der Waals surface area contributed by atoms with Crippen LogP contribution in [-0.4, -0.2) is 34.8 Å². The Morgan fingerprint density at radius 2 is 1.87 bits per heavy atom. The van der Waals surface area contributed by atoms with Crippen LogP contribution in [0.25, 0.3) is 10.9 Å². The lowest BCUT2D eigenvalue weighted by Gasteiger charge is -2.10. The van der Waals surface area contributed by atoms with Crippen molar-refractivity contribution in [1.82, 2.24) is 20.2 Å². The zero-order valence-electron chi connectivity index (χ0n) is 15.9. The maximum Gasteiger partial charge on any atom is 0.229 e. The first kappa shape index (κ1) is 19.7. The van der Waals surface area contributed by atoms with Crippen molar-refractivity contribution in [3.63, 3.8) is 0 Å². The highest BCUT2D eigenvalue weighted by Crippen LogP contribution is 2.27. The summed E-state index contributed by atoms with van der Waals surface area (Å²) in [5, 5.41) is 12.5. The van der Waals surface area contributed by atoms with E-state index in [-0.39, 0.29) is 27.6 Å². The van der Waals surface area contributed by atoms with Crippen molar-refractivity contribution in [2.75, 3.05) is 16.9 Å². The molecule has 0 aliphatic carbocycles. The summed E-state index contributed by atoms with van der Waals surface area (Å²) in [5.41, 5.74) is 1.19. The van der Waals surface area contributed by atoms with Gasteiger partial charge in [-0.1, -0.05) is 6.07 Å². The molecular weight excluding hydrogens is 414 g/mol. The lowest BCUT2D eigenvalue weighted by atomic mass is 10.2. The number of anilines is 4. The molecule has 30 heavy (non-hydrogen) atoms. The van der Waals surface area contributed by atoms with Gasteiger partial charge >= 0.3 is 0 Å². The van der Waals surface area contributed by atoms with Gasteiger partial charge in [-0.2, -0.15) is 10.1 Å². The molecule has 0 saturated carbocycles. The number of nitrogens with one attached hydrogen (secondary N) is 3. The van der Waals surface area contributed by atoms with Crippen LogP contribution in [0.3, 0.4) is 0 Å². The molecule has 0 aliphatic rings. The Morgan fingerprint density at radius 3 is 2.63 bits per heavy atom. The maximum absolute atomic E-state index is 13.8. The number of halogens is 2. The molecule has 0 aliphatic heterocycles. The summed E-state index contributed by atoms with van der Waals surface area (Å²) >= 11 is 0. The van der Waals surface area contributed by atoms with Gasteiger partial charge < -0.3 is 10.6 Å². The van der Waals surface area contributed by atoms with E-state index in [1.165, 1.54) is 12.3 Å². The fraction of sp³-hybridized carbons (Fsp3) is 0.105. The van der Waals surface area contributed by atoms with Crippen molar-refractivity contribution in [3.8, 4) is 0 Å². The van der Waals surface area contributed by atoms with E-state index >= 15 is 0 Å². The molecule has 8 nitrogen and oxygen atoms in total. The highest BCUT2D eigenvalue weighted by molar-refractivity contribution is 7.90. The number of hydrogen-bond donors (Lipinski definition) is 3. The number of aromatic nitrogens is 4. The van der Waals surface area contributed by atoms with Crippen LogP contribution in [-0.2, 0) is 9.84 Å². The van der Waals surface area contributed by atoms with Gasteiger partial charge in [-0.15, -0.1) is 0 Å². The van der Waals surface area contributed by atoms with E-state index in [2.05, 4.69) is 30.8 Å². The molecule has 2 heterocycles. The van der Waals surface area contributed by atoms with Crippen molar-refractivity contribution >= 4 is 44.0 Å². The molecule has 0 spiro atoms. The fourth-order valence-corrected chi connectivity index (χ4v) is 3.95. The largest absolute Gasteiger partial charge is 0.324 e. The average molecular weight is 430 g/mol. The number of hydrogen-bond acceptors (Lipinski definition) is 7. The van der Waals surface area contributed by atoms with Crippen molar-refractivity contribution in [2.24, 2.45) is 0 Å². The molecule has 4 aromatic rings. The van der Waals surface area contributed by atoms with Gasteiger partial charge in [0.25, 0.3) is 0 Å². The lowest BCUT2D eigenvalue weighted by molar-refractivity contribution is 0.590. The topological polar surface area (TPSA) is 113 Å². The molecule has 3 N–H and O–H groups in total. The molecule has 0 amide bonds. The highest BCUT2D eigenvalue weighted by atomic mass is 32.2. The summed E-state index contributed by atoms with van der Waals surface area (Å²) in [4.78, 5) is 8.60. The lowest BCUT2D eigenvalue weighted by Crippen LogP contribution is -2.03. The zero-order chi connectivity index (χ0) is 21.5. The Balaban J connectivity index is 1.62. The van der Waals surface area contributed by atoms with E-state index < -0.39 is 21.5 Å². The second kappa shape index (κ2) is 7.34. The number of sulfone groups is 1. The summed E-state index contributed by atoms with van der Waals surface area (Å²) in [6, 6.07) is 8.37. The molecule has 2 aromatic carbocycles. The van der Waals surface area contributed by atoms with Crippen molar-refractivity contribution in [3.05, 3.63) is 59.8 Å². The number of benzene rings is 2. The predicted molar refractivity (Wildman–Crippen MR) is 109 cm³/mol. The molecule has 0 unspecified atom stereocenters. The molecule has 0 bridgehead atoms. The quantitative estimate of drug-likeness (QED) is 0.441. The van der Waals surface area contributed by atoms with E-state index in [1.807, 2.05) is 0 Å². The Labute approximate surface area is 170 Å². The van der Waals surface area contributed by atoms with Gasteiger partial charge in [-0.25, -0.2) is 22.2 Å². The van der Waals surface area contributed by atoms with Crippen LogP contribution in [0, 0.1) is 18.6 Å². The van der Waals surface area contributed by atoms with Crippen molar-refractivity contribution < 1.29 is 17.2 Å². The van der Waals surface area contributed by atoms with Crippen LogP contribution in [0.1, 0.15) is 5.56 Å². The van der Waals surface area contributed by atoms with Crippen LogP contribution < -0.4 is 10.6 Å². The number of H-pyrrole nitrogens is 1. The average Bonchev–Trinajstić information content (AvgIpc) is 3.06. The maximum atomic E-state index is 13.8. The SMILES string of the molecule is Cc1ccc(Nc2nccc(Nc3n[nH]c4c(F)cc(F)cc34)n2)cc1S(C)(=O)=O. The van der Waals surface area contributed by atoms with E-state index in [0.717, 1.165) is 18.4 Å². The van der Waals surface area contributed by atoms with Gasteiger partial charge in [0.05, 0.1) is 10.3 Å². The summed E-state index contributed by atoms with van der Waals surface area (Å²) in [6.07, 6.45) is 2.61. The molecule has 0 fully saturated rings. The summed E-state index contributed by atoms with van der Waals surface area (Å²) in [7, 11) is -3.38. The fourth-order valence-electron chi connectivity index (χ4n) is 2.96. The van der Waals surface area contributed by atoms with Gasteiger partial charge in [0.2, 0.25) is 5.95 Å². The molecule has 0 saturated heterocycles. The van der Waals surface area contributed by atoms with E-state index in [1.54, 1.807) is 25.1 Å². The molecule has 11 heteroatoms. The van der Waals surface area contributed by atoms with Crippen LogP contribution in [0.15, 0.2) is 47.5 Å². The monoisotopic (exact) mass is 430 g/mol. The minimum Gasteiger partial charge on any atom is -0.324 e. The minimum atomic E-state index is -3.38. The highest BCUT2D eigenvalue weighted by Gasteiger charge is 2.14. The Morgan fingerprint density at radius 1 is 1.07 bits per heavy atom. The normalized spacial score (nSPS) is 11.6. The van der Waals surface area contributed by atoms with E-state index in [0.29, 0.717) is 17.1 Å². The molecular formula is C19H16F2N6O2S. The summed E-state index contributed by atoms with van der Waals surface area (Å²) in [6.45, 7) is 1.71. The summed E-state index contributed by atoms with van der Waals surface area (Å²) < 4.78 is 51.2. The zero-order valence-corrected chi connectivity index (χ0v) is 16.7. The van der Waals surface area contributed by atoms with Gasteiger partial charge in [0.15, 0.2) is 21.5 Å². The number of fused-ring (bicyclic) bond motifs is 1. The Bertz CT molecular complexity index is 1370.